The van der Waals surface area contributed by atoms with Gasteiger partial charge in [0.15, 0.2) is 0 Å². The molecule has 1 amide bonds. The molecule has 0 bridgehead atoms. The summed E-state index contributed by atoms with van der Waals surface area (Å²) >= 11 is 0. The first-order chi connectivity index (χ1) is 12.4. The molecule has 136 valence electrons. The van der Waals surface area contributed by atoms with E-state index in [9.17, 15) is 9.59 Å². The van der Waals surface area contributed by atoms with E-state index in [1.54, 1.807) is 28.9 Å². The molecular weight excluding hydrogens is 334 g/mol. The van der Waals surface area contributed by atoms with E-state index in [1.807, 2.05) is 27.7 Å². The highest BCUT2D eigenvalue weighted by Gasteiger charge is 2.17. The van der Waals surface area contributed by atoms with Gasteiger partial charge in [-0.1, -0.05) is 0 Å². The Kier molecular flexibility index (Phi) is 4.79. The van der Waals surface area contributed by atoms with Gasteiger partial charge >= 0.3 is 5.63 Å². The molecule has 0 aliphatic carbocycles. The molecule has 0 aliphatic heterocycles. The van der Waals surface area contributed by atoms with Crippen LogP contribution in [0.25, 0.3) is 11.0 Å². The van der Waals surface area contributed by atoms with Gasteiger partial charge in [0.25, 0.3) is 5.91 Å². The molecule has 7 nitrogen and oxygen atoms in total. The summed E-state index contributed by atoms with van der Waals surface area (Å²) in [6, 6.07) is 8.14. The van der Waals surface area contributed by atoms with E-state index in [4.69, 9.17) is 9.15 Å². The molecule has 0 atom stereocenters. The van der Waals surface area contributed by atoms with Crippen LogP contribution in [-0.4, -0.2) is 22.3 Å². The van der Waals surface area contributed by atoms with Crippen molar-refractivity contribution in [2.45, 2.75) is 33.7 Å². The van der Waals surface area contributed by atoms with Crippen molar-refractivity contribution in [3.63, 3.8) is 0 Å². The highest BCUT2D eigenvalue weighted by molar-refractivity contribution is 6.11. The summed E-state index contributed by atoms with van der Waals surface area (Å²) in [5.41, 5.74) is 0.758. The lowest BCUT2D eigenvalue weighted by atomic mass is 10.1. The minimum Gasteiger partial charge on any atom is -0.494 e. The smallest absolute Gasteiger partial charge is 0.337 e. The molecule has 3 rings (SSSR count). The van der Waals surface area contributed by atoms with Crippen LogP contribution in [0.1, 0.15) is 42.9 Å². The van der Waals surface area contributed by atoms with E-state index >= 15 is 0 Å². The largest absolute Gasteiger partial charge is 0.494 e. The number of rotatable bonds is 5. The molecule has 7 heteroatoms. The highest BCUT2D eigenvalue weighted by atomic mass is 16.5. The number of aromatic nitrogens is 2. The molecule has 0 saturated heterocycles. The molecule has 2 heterocycles. The van der Waals surface area contributed by atoms with Crippen molar-refractivity contribution in [1.29, 1.82) is 0 Å². The number of benzene rings is 1. The molecule has 1 aromatic carbocycles. The van der Waals surface area contributed by atoms with Crippen molar-refractivity contribution >= 4 is 22.7 Å². The first-order valence-electron chi connectivity index (χ1n) is 8.47. The Morgan fingerprint density at radius 1 is 1.31 bits per heavy atom. The Bertz CT molecular complexity index is 1020. The fourth-order valence-corrected chi connectivity index (χ4v) is 2.77. The van der Waals surface area contributed by atoms with Crippen LogP contribution in [0.5, 0.6) is 5.75 Å². The van der Waals surface area contributed by atoms with E-state index in [1.165, 1.54) is 6.07 Å². The zero-order chi connectivity index (χ0) is 18.8. The first-order valence-corrected chi connectivity index (χ1v) is 8.47. The van der Waals surface area contributed by atoms with Gasteiger partial charge in [-0.2, -0.15) is 5.10 Å². The molecule has 0 spiro atoms. The molecule has 0 unspecified atom stereocenters. The molecule has 0 aliphatic rings. The van der Waals surface area contributed by atoms with E-state index in [0.29, 0.717) is 29.1 Å². The van der Waals surface area contributed by atoms with Gasteiger partial charge < -0.3 is 14.5 Å². The second kappa shape index (κ2) is 7.03. The van der Waals surface area contributed by atoms with Gasteiger partial charge in [-0.25, -0.2) is 9.48 Å². The Balaban J connectivity index is 2.02. The van der Waals surface area contributed by atoms with Crippen molar-refractivity contribution in [2.24, 2.45) is 0 Å². The standard InChI is InChI=1S/C19H21N3O4/c1-5-25-13-6-7-14-15(10-18(23)26-16(14)9-13)19(24)20-17-8-12(4)21-22(17)11(2)3/h6-11H,5H2,1-4H3,(H,20,24). The summed E-state index contributed by atoms with van der Waals surface area (Å²) in [5.74, 6) is 0.762. The topological polar surface area (TPSA) is 86.4 Å². The van der Waals surface area contributed by atoms with Crippen molar-refractivity contribution in [3.05, 3.63) is 52.0 Å². The Labute approximate surface area is 150 Å². The lowest BCUT2D eigenvalue weighted by Crippen LogP contribution is -2.18. The van der Waals surface area contributed by atoms with E-state index in [-0.39, 0.29) is 11.6 Å². The summed E-state index contributed by atoms with van der Waals surface area (Å²) in [7, 11) is 0. The van der Waals surface area contributed by atoms with Crippen molar-refractivity contribution in [3.8, 4) is 5.75 Å². The number of hydrogen-bond donors (Lipinski definition) is 1. The maximum Gasteiger partial charge on any atom is 0.337 e. The lowest BCUT2D eigenvalue weighted by molar-refractivity contribution is 0.102. The first kappa shape index (κ1) is 17.7. The van der Waals surface area contributed by atoms with Crippen LogP contribution in [-0.2, 0) is 0 Å². The number of carbonyl (C=O) groups is 1. The number of nitrogens with one attached hydrogen (secondary N) is 1. The van der Waals surface area contributed by atoms with Crippen LogP contribution >= 0.6 is 0 Å². The molecule has 0 fully saturated rings. The molecule has 26 heavy (non-hydrogen) atoms. The Morgan fingerprint density at radius 2 is 2.08 bits per heavy atom. The van der Waals surface area contributed by atoms with Gasteiger partial charge in [0, 0.05) is 29.6 Å². The molecule has 2 aromatic heterocycles. The molecule has 1 N–H and O–H groups in total. The van der Waals surface area contributed by atoms with Gasteiger partial charge in [0.1, 0.15) is 17.2 Å². The van der Waals surface area contributed by atoms with Crippen LogP contribution in [0, 0.1) is 6.92 Å². The Hall–Kier alpha value is -3.09. The predicted octanol–water partition coefficient (Wildman–Crippen LogP) is 3.53. The number of ether oxygens (including phenoxy) is 1. The quantitative estimate of drug-likeness (QED) is 0.708. The van der Waals surface area contributed by atoms with Gasteiger partial charge in [0.05, 0.1) is 17.9 Å². The fraction of sp³-hybridized carbons (Fsp3) is 0.316. The molecule has 0 radical (unpaired) electrons. The monoisotopic (exact) mass is 355 g/mol. The second-order valence-electron chi connectivity index (χ2n) is 6.23. The van der Waals surface area contributed by atoms with Gasteiger partial charge in [-0.15, -0.1) is 0 Å². The fourth-order valence-electron chi connectivity index (χ4n) is 2.77. The number of hydrogen-bond acceptors (Lipinski definition) is 5. The van der Waals surface area contributed by atoms with Crippen LogP contribution in [0.15, 0.2) is 39.5 Å². The van der Waals surface area contributed by atoms with Crippen molar-refractivity contribution in [1.82, 2.24) is 9.78 Å². The van der Waals surface area contributed by atoms with E-state index < -0.39 is 11.5 Å². The minimum atomic E-state index is -0.593. The van der Waals surface area contributed by atoms with Crippen LogP contribution < -0.4 is 15.7 Å². The summed E-state index contributed by atoms with van der Waals surface area (Å²) in [5, 5.41) is 7.75. The third-order valence-corrected chi connectivity index (χ3v) is 3.86. The Morgan fingerprint density at radius 3 is 2.77 bits per heavy atom. The van der Waals surface area contributed by atoms with Crippen molar-refractivity contribution < 1.29 is 13.9 Å². The molecule has 0 saturated carbocycles. The zero-order valence-electron chi connectivity index (χ0n) is 15.2. The van der Waals surface area contributed by atoms with E-state index in [2.05, 4.69) is 10.4 Å². The normalized spacial score (nSPS) is 11.1. The number of amides is 1. The predicted molar refractivity (Wildman–Crippen MR) is 99.0 cm³/mol. The number of carbonyl (C=O) groups excluding carboxylic acids is 1. The van der Waals surface area contributed by atoms with Crippen LogP contribution in [0.3, 0.4) is 0 Å². The third kappa shape index (κ3) is 3.46. The highest BCUT2D eigenvalue weighted by Crippen LogP contribution is 2.24. The molecule has 3 aromatic rings. The van der Waals surface area contributed by atoms with Gasteiger partial charge in [-0.05, 0) is 39.8 Å². The molecular formula is C19H21N3O4. The average Bonchev–Trinajstić information content (AvgIpc) is 2.94. The van der Waals surface area contributed by atoms with Gasteiger partial charge in [0.2, 0.25) is 0 Å². The number of anilines is 1. The number of fused-ring (bicyclic) bond motifs is 1. The van der Waals surface area contributed by atoms with E-state index in [0.717, 1.165) is 5.69 Å². The summed E-state index contributed by atoms with van der Waals surface area (Å²) < 4.78 is 12.4. The number of nitrogens with zero attached hydrogens (tertiary/aromatic N) is 2. The lowest BCUT2D eigenvalue weighted by Gasteiger charge is -2.12. The van der Waals surface area contributed by atoms with Crippen LogP contribution in [0.4, 0.5) is 5.82 Å². The summed E-state index contributed by atoms with van der Waals surface area (Å²) in [6.45, 7) is 8.17. The second-order valence-corrected chi connectivity index (χ2v) is 6.23. The maximum absolute atomic E-state index is 12.8. The summed E-state index contributed by atoms with van der Waals surface area (Å²) in [4.78, 5) is 24.7. The van der Waals surface area contributed by atoms with Crippen LogP contribution in [0.2, 0.25) is 0 Å². The third-order valence-electron chi connectivity index (χ3n) is 3.86. The zero-order valence-corrected chi connectivity index (χ0v) is 15.2. The number of aryl methyl sites for hydroxylation is 1. The SMILES string of the molecule is CCOc1ccc2c(C(=O)Nc3cc(C)nn3C(C)C)cc(=O)oc2c1. The average molecular weight is 355 g/mol. The van der Waals surface area contributed by atoms with Crippen molar-refractivity contribution in [2.75, 3.05) is 11.9 Å². The van der Waals surface area contributed by atoms with Gasteiger partial charge in [-0.3, -0.25) is 4.79 Å². The maximum atomic E-state index is 12.8. The summed E-state index contributed by atoms with van der Waals surface area (Å²) in [6.07, 6.45) is 0. The minimum absolute atomic E-state index is 0.0883.